The van der Waals surface area contributed by atoms with Crippen molar-refractivity contribution in [2.45, 2.75) is 51.9 Å². The SMILES string of the molecule is CN(C)Cc1ccccc1OCCNC(C)(C)c1ccc(Cl)cc1.CN(C)Cc1ccccc1OCCNC(C)(C)c1ccc(Cl)cc1.Cl.Cl.Cl.Cl.O. The molecule has 0 amide bonds. The van der Waals surface area contributed by atoms with Crippen molar-refractivity contribution >= 4 is 72.8 Å². The van der Waals surface area contributed by atoms with Crippen molar-refractivity contribution in [1.29, 1.82) is 0 Å². The molecule has 0 saturated heterocycles. The van der Waals surface area contributed by atoms with Crippen molar-refractivity contribution in [3.63, 3.8) is 0 Å². The van der Waals surface area contributed by atoms with Crippen LogP contribution in [0.15, 0.2) is 97.1 Å². The van der Waals surface area contributed by atoms with Crippen molar-refractivity contribution in [3.05, 3.63) is 129 Å². The highest BCUT2D eigenvalue weighted by molar-refractivity contribution is 6.30. The first-order valence-electron chi connectivity index (χ1n) is 16.5. The summed E-state index contributed by atoms with van der Waals surface area (Å²) in [6.45, 7) is 13.2. The van der Waals surface area contributed by atoms with Crippen molar-refractivity contribution in [2.75, 3.05) is 54.5 Å². The van der Waals surface area contributed by atoms with E-state index < -0.39 is 0 Å². The van der Waals surface area contributed by atoms with Crippen LogP contribution in [0.25, 0.3) is 0 Å². The van der Waals surface area contributed by atoms with E-state index in [-0.39, 0.29) is 66.2 Å². The molecule has 0 aliphatic rings. The van der Waals surface area contributed by atoms with E-state index in [1.54, 1.807) is 0 Å². The second-order valence-corrected chi connectivity index (χ2v) is 14.4. The highest BCUT2D eigenvalue weighted by Gasteiger charge is 2.20. The number of benzene rings is 4. The number of para-hydroxylation sites is 2. The largest absolute Gasteiger partial charge is 0.492 e. The highest BCUT2D eigenvalue weighted by atomic mass is 35.5. The topological polar surface area (TPSA) is 80.5 Å². The van der Waals surface area contributed by atoms with Gasteiger partial charge in [-0.2, -0.15) is 0 Å². The fourth-order valence-corrected chi connectivity index (χ4v) is 5.47. The number of nitrogens with one attached hydrogen (secondary N) is 2. The van der Waals surface area contributed by atoms with Crippen LogP contribution in [0.4, 0.5) is 0 Å². The van der Waals surface area contributed by atoms with Crippen molar-refractivity contribution < 1.29 is 14.9 Å². The number of rotatable bonds is 16. The third-order valence-corrected chi connectivity index (χ3v) is 8.41. The Morgan fingerprint density at radius 3 is 1.11 bits per heavy atom. The van der Waals surface area contributed by atoms with Gasteiger partial charge >= 0.3 is 0 Å². The third kappa shape index (κ3) is 20.0. The van der Waals surface area contributed by atoms with Gasteiger partial charge < -0.3 is 35.4 Å². The molecule has 0 fully saturated rings. The maximum absolute atomic E-state index is 5.98. The second-order valence-electron chi connectivity index (χ2n) is 13.5. The molecule has 0 aliphatic carbocycles. The van der Waals surface area contributed by atoms with E-state index in [4.69, 9.17) is 32.7 Å². The number of hydrogen-bond acceptors (Lipinski definition) is 6. The minimum absolute atomic E-state index is 0. The molecule has 4 aromatic rings. The van der Waals surface area contributed by atoms with Crippen molar-refractivity contribution in [3.8, 4) is 11.5 Å². The molecule has 4 N–H and O–H groups in total. The molecule has 4 rings (SSSR count). The Labute approximate surface area is 353 Å². The van der Waals surface area contributed by atoms with Gasteiger partial charge in [0.1, 0.15) is 24.7 Å². The average Bonchev–Trinajstić information content (AvgIpc) is 3.03. The van der Waals surface area contributed by atoms with Gasteiger partial charge in [0.15, 0.2) is 0 Å². The molecule has 0 aromatic heterocycles. The first-order valence-corrected chi connectivity index (χ1v) is 17.3. The Morgan fingerprint density at radius 1 is 0.509 bits per heavy atom. The Bertz CT molecular complexity index is 1410. The normalized spacial score (nSPS) is 10.6. The van der Waals surface area contributed by atoms with E-state index in [1.807, 2.05) is 60.7 Å². The first kappa shape index (κ1) is 55.4. The van der Waals surface area contributed by atoms with Gasteiger partial charge in [-0.25, -0.2) is 0 Å². The maximum Gasteiger partial charge on any atom is 0.123 e. The summed E-state index contributed by atoms with van der Waals surface area (Å²) >= 11 is 11.9. The van der Waals surface area contributed by atoms with Gasteiger partial charge in [-0.3, -0.25) is 0 Å². The molecular formula is C40H60Cl6N4O3. The molecule has 300 valence electrons. The van der Waals surface area contributed by atoms with Crippen LogP contribution < -0.4 is 20.1 Å². The van der Waals surface area contributed by atoms with E-state index in [2.05, 4.69) is 113 Å². The predicted molar refractivity (Wildman–Crippen MR) is 236 cm³/mol. The summed E-state index contributed by atoms with van der Waals surface area (Å²) in [4.78, 5) is 4.29. The zero-order valence-corrected chi connectivity index (χ0v) is 36.9. The molecule has 0 spiro atoms. The standard InChI is InChI=1S/2C20H27ClN2O.4ClH.H2O/c2*1-20(2,17-9-11-18(21)12-10-17)22-13-14-24-19-8-6-5-7-16(19)15-23(3)4;;;;;/h2*5-12,22H,13-15H2,1-4H3;4*1H;1H2. The lowest BCUT2D eigenvalue weighted by Crippen LogP contribution is -2.39. The van der Waals surface area contributed by atoms with Gasteiger partial charge in [0.2, 0.25) is 0 Å². The monoisotopic (exact) mass is 854 g/mol. The minimum Gasteiger partial charge on any atom is -0.492 e. The molecular weight excluding hydrogens is 797 g/mol. The minimum atomic E-state index is -0.128. The summed E-state index contributed by atoms with van der Waals surface area (Å²) in [5.41, 5.74) is 4.58. The molecule has 0 heterocycles. The number of ether oxygens (including phenoxy) is 2. The van der Waals surface area contributed by atoms with Gasteiger partial charge in [-0.1, -0.05) is 83.9 Å². The Hall–Kier alpha value is -1.98. The predicted octanol–water partition coefficient (Wildman–Crippen LogP) is 9.47. The fourth-order valence-electron chi connectivity index (χ4n) is 5.22. The number of nitrogens with zero attached hydrogens (tertiary/aromatic N) is 2. The third-order valence-electron chi connectivity index (χ3n) is 7.90. The van der Waals surface area contributed by atoms with E-state index in [1.165, 1.54) is 22.3 Å². The molecule has 7 nitrogen and oxygen atoms in total. The molecule has 0 saturated carbocycles. The number of hydrogen-bond donors (Lipinski definition) is 2. The Morgan fingerprint density at radius 2 is 0.811 bits per heavy atom. The van der Waals surface area contributed by atoms with E-state index in [9.17, 15) is 0 Å². The molecule has 0 atom stereocenters. The lowest BCUT2D eigenvalue weighted by Gasteiger charge is -2.27. The van der Waals surface area contributed by atoms with E-state index in [0.29, 0.717) is 13.2 Å². The van der Waals surface area contributed by atoms with Gasteiger partial charge in [0.25, 0.3) is 0 Å². The quantitative estimate of drug-likeness (QED) is 0.109. The van der Waals surface area contributed by atoms with Crippen LogP contribution in [0.5, 0.6) is 11.5 Å². The molecule has 0 radical (unpaired) electrons. The first-order chi connectivity index (χ1) is 22.8. The molecule has 0 aliphatic heterocycles. The van der Waals surface area contributed by atoms with Gasteiger partial charge in [0, 0.05) is 58.4 Å². The summed E-state index contributed by atoms with van der Waals surface area (Å²) in [6, 6.07) is 32.3. The summed E-state index contributed by atoms with van der Waals surface area (Å²) in [5, 5.41) is 8.61. The summed E-state index contributed by atoms with van der Waals surface area (Å²) in [7, 11) is 8.25. The van der Waals surface area contributed by atoms with Crippen LogP contribution in [0.3, 0.4) is 0 Å². The zero-order valence-electron chi connectivity index (χ0n) is 32.1. The van der Waals surface area contributed by atoms with Crippen LogP contribution >= 0.6 is 72.8 Å². The molecule has 13 heteroatoms. The van der Waals surface area contributed by atoms with Crippen LogP contribution in [-0.4, -0.2) is 69.8 Å². The summed E-state index contributed by atoms with van der Waals surface area (Å²) < 4.78 is 12.0. The van der Waals surface area contributed by atoms with Crippen LogP contribution in [0.2, 0.25) is 10.0 Å². The highest BCUT2D eigenvalue weighted by Crippen LogP contribution is 2.24. The average molecular weight is 858 g/mol. The zero-order chi connectivity index (χ0) is 35.2. The van der Waals surface area contributed by atoms with Crippen LogP contribution in [-0.2, 0) is 24.2 Å². The molecule has 0 unspecified atom stereocenters. The lowest BCUT2D eigenvalue weighted by molar-refractivity contribution is 0.279. The smallest absolute Gasteiger partial charge is 0.123 e. The van der Waals surface area contributed by atoms with Crippen LogP contribution in [0.1, 0.15) is 49.9 Å². The fraction of sp³-hybridized carbons (Fsp3) is 0.400. The van der Waals surface area contributed by atoms with Crippen LogP contribution in [0, 0.1) is 0 Å². The second kappa shape index (κ2) is 27.6. The van der Waals surface area contributed by atoms with E-state index >= 15 is 0 Å². The van der Waals surface area contributed by atoms with Gasteiger partial charge in [0.05, 0.1) is 0 Å². The Kier molecular flexibility index (Phi) is 28.8. The summed E-state index contributed by atoms with van der Waals surface area (Å²) in [5.74, 6) is 1.91. The molecule has 53 heavy (non-hydrogen) atoms. The van der Waals surface area contributed by atoms with Crippen molar-refractivity contribution in [2.24, 2.45) is 0 Å². The molecule has 4 aromatic carbocycles. The van der Waals surface area contributed by atoms with Crippen molar-refractivity contribution in [1.82, 2.24) is 20.4 Å². The lowest BCUT2D eigenvalue weighted by atomic mass is 9.94. The van der Waals surface area contributed by atoms with Gasteiger partial charge in [-0.05, 0) is 103 Å². The Balaban J connectivity index is -0.000000862. The number of halogens is 6. The van der Waals surface area contributed by atoms with Gasteiger partial charge in [-0.15, -0.1) is 49.6 Å². The van der Waals surface area contributed by atoms with E-state index in [0.717, 1.165) is 47.7 Å². The molecule has 0 bridgehead atoms. The summed E-state index contributed by atoms with van der Waals surface area (Å²) in [6.07, 6.45) is 0. The maximum atomic E-state index is 5.98.